The third-order valence-corrected chi connectivity index (χ3v) is 3.73. The number of hydrogen-bond acceptors (Lipinski definition) is 4. The number of carbonyl (C=O) groups excluding carboxylic acids is 1. The fourth-order valence-corrected chi connectivity index (χ4v) is 2.41. The van der Waals surface area contributed by atoms with E-state index in [1.807, 2.05) is 19.1 Å². The highest BCUT2D eigenvalue weighted by molar-refractivity contribution is 5.87. The lowest BCUT2D eigenvalue weighted by Gasteiger charge is -2.16. The Morgan fingerprint density at radius 3 is 2.42 bits per heavy atom. The Hall–Kier alpha value is -2.87. The predicted octanol–water partition coefficient (Wildman–Crippen LogP) is 3.64. The van der Waals surface area contributed by atoms with Gasteiger partial charge in [-0.3, -0.25) is 0 Å². The molecule has 26 heavy (non-hydrogen) atoms. The van der Waals surface area contributed by atoms with E-state index in [-0.39, 0.29) is 17.5 Å². The number of amides is 2. The van der Waals surface area contributed by atoms with Crippen LogP contribution >= 0.6 is 0 Å². The van der Waals surface area contributed by atoms with Crippen LogP contribution in [0.1, 0.15) is 24.1 Å². The standard InChI is InChI=1S/C18H21F2N3O3/c1-11(13-4-6-14(7-5-13)23-18(21)24)22-10-12-3-8-15(25-2)16(9-12)26-17(19)20/h3-9,11,17,22H,10H2,1-2H3,(H3,21,23,24). The molecule has 0 aliphatic rings. The molecule has 2 aromatic rings. The molecule has 0 bridgehead atoms. The molecular weight excluding hydrogens is 344 g/mol. The second-order valence-corrected chi connectivity index (χ2v) is 5.58. The molecule has 0 aliphatic heterocycles. The fourth-order valence-electron chi connectivity index (χ4n) is 2.41. The van der Waals surface area contributed by atoms with E-state index in [2.05, 4.69) is 15.4 Å². The number of methoxy groups -OCH3 is 1. The largest absolute Gasteiger partial charge is 0.493 e. The maximum atomic E-state index is 12.5. The van der Waals surface area contributed by atoms with Crippen molar-refractivity contribution in [3.8, 4) is 11.5 Å². The minimum absolute atomic E-state index is 0.000744. The highest BCUT2D eigenvalue weighted by atomic mass is 19.3. The summed E-state index contributed by atoms with van der Waals surface area (Å²) in [6, 6.07) is 11.5. The molecule has 140 valence electrons. The van der Waals surface area contributed by atoms with E-state index >= 15 is 0 Å². The molecule has 0 fully saturated rings. The molecular formula is C18H21F2N3O3. The Balaban J connectivity index is 2.00. The summed E-state index contributed by atoms with van der Waals surface area (Å²) in [5.74, 6) is 0.246. The predicted molar refractivity (Wildman–Crippen MR) is 94.5 cm³/mol. The van der Waals surface area contributed by atoms with Gasteiger partial charge in [0.25, 0.3) is 0 Å². The van der Waals surface area contributed by atoms with Gasteiger partial charge in [-0.25, -0.2) is 4.79 Å². The number of rotatable bonds is 8. The van der Waals surface area contributed by atoms with E-state index < -0.39 is 12.6 Å². The Morgan fingerprint density at radius 2 is 1.85 bits per heavy atom. The fraction of sp³-hybridized carbons (Fsp3) is 0.278. The lowest BCUT2D eigenvalue weighted by atomic mass is 10.1. The van der Waals surface area contributed by atoms with Crippen molar-refractivity contribution in [3.63, 3.8) is 0 Å². The first-order valence-electron chi connectivity index (χ1n) is 7.90. The van der Waals surface area contributed by atoms with Gasteiger partial charge in [0.1, 0.15) is 0 Å². The second kappa shape index (κ2) is 9.00. The number of ether oxygens (including phenoxy) is 2. The smallest absolute Gasteiger partial charge is 0.387 e. The van der Waals surface area contributed by atoms with Crippen LogP contribution in [0.3, 0.4) is 0 Å². The molecule has 1 atom stereocenters. The Morgan fingerprint density at radius 1 is 1.15 bits per heavy atom. The molecule has 2 amide bonds. The highest BCUT2D eigenvalue weighted by Crippen LogP contribution is 2.29. The third-order valence-electron chi connectivity index (χ3n) is 3.73. The van der Waals surface area contributed by atoms with Crippen LogP contribution in [0.5, 0.6) is 11.5 Å². The quantitative estimate of drug-likeness (QED) is 0.667. The first-order chi connectivity index (χ1) is 12.4. The average Bonchev–Trinajstić information content (AvgIpc) is 2.59. The summed E-state index contributed by atoms with van der Waals surface area (Å²) in [7, 11) is 1.39. The first kappa shape index (κ1) is 19.5. The molecule has 1 unspecified atom stereocenters. The number of hydrogen-bond donors (Lipinski definition) is 3. The SMILES string of the molecule is COc1ccc(CNC(C)c2ccc(NC(N)=O)cc2)cc1OC(F)F. The molecule has 0 saturated carbocycles. The molecule has 6 nitrogen and oxygen atoms in total. The Labute approximate surface area is 150 Å². The molecule has 2 rings (SSSR count). The third kappa shape index (κ3) is 5.59. The van der Waals surface area contributed by atoms with Crippen LogP contribution in [-0.4, -0.2) is 19.8 Å². The molecule has 8 heteroatoms. The van der Waals surface area contributed by atoms with Gasteiger partial charge < -0.3 is 25.8 Å². The van der Waals surface area contributed by atoms with Gasteiger partial charge in [0.15, 0.2) is 11.5 Å². The van der Waals surface area contributed by atoms with Crippen molar-refractivity contribution in [2.45, 2.75) is 26.1 Å². The Bertz CT molecular complexity index is 739. The van der Waals surface area contributed by atoms with Gasteiger partial charge in [-0.05, 0) is 42.3 Å². The van der Waals surface area contributed by atoms with Gasteiger partial charge in [0.05, 0.1) is 7.11 Å². The minimum Gasteiger partial charge on any atom is -0.493 e. The van der Waals surface area contributed by atoms with Crippen LogP contribution < -0.4 is 25.8 Å². The number of carbonyl (C=O) groups is 1. The number of halogens is 2. The summed E-state index contributed by atoms with van der Waals surface area (Å²) in [6.45, 7) is -0.499. The number of benzene rings is 2. The molecule has 0 heterocycles. The summed E-state index contributed by atoms with van der Waals surface area (Å²) in [5.41, 5.74) is 7.45. The van der Waals surface area contributed by atoms with Crippen LogP contribution in [0.4, 0.5) is 19.3 Å². The minimum atomic E-state index is -2.92. The summed E-state index contributed by atoms with van der Waals surface area (Å²) in [5, 5.41) is 5.79. The topological polar surface area (TPSA) is 85.6 Å². The molecule has 4 N–H and O–H groups in total. The molecule has 2 aromatic carbocycles. The van der Waals surface area contributed by atoms with E-state index in [1.54, 1.807) is 24.3 Å². The summed E-state index contributed by atoms with van der Waals surface area (Å²) in [4.78, 5) is 10.8. The van der Waals surface area contributed by atoms with Crippen molar-refractivity contribution in [1.29, 1.82) is 0 Å². The van der Waals surface area contributed by atoms with Crippen LogP contribution in [0.15, 0.2) is 42.5 Å². The number of nitrogens with two attached hydrogens (primary N) is 1. The van der Waals surface area contributed by atoms with Gasteiger partial charge in [0.2, 0.25) is 0 Å². The average molecular weight is 365 g/mol. The molecule has 0 saturated heterocycles. The zero-order chi connectivity index (χ0) is 19.1. The summed E-state index contributed by atoms with van der Waals surface area (Å²) < 4.78 is 34.5. The van der Waals surface area contributed by atoms with Gasteiger partial charge in [-0.2, -0.15) is 8.78 Å². The second-order valence-electron chi connectivity index (χ2n) is 5.58. The normalized spacial score (nSPS) is 11.9. The summed E-state index contributed by atoms with van der Waals surface area (Å²) in [6.07, 6.45) is 0. The zero-order valence-corrected chi connectivity index (χ0v) is 14.5. The van der Waals surface area contributed by atoms with Crippen LogP contribution in [-0.2, 0) is 6.54 Å². The van der Waals surface area contributed by atoms with Gasteiger partial charge in [0, 0.05) is 18.3 Å². The van der Waals surface area contributed by atoms with E-state index in [4.69, 9.17) is 10.5 Å². The zero-order valence-electron chi connectivity index (χ0n) is 14.5. The number of alkyl halides is 2. The monoisotopic (exact) mass is 365 g/mol. The van der Waals surface area contributed by atoms with Crippen molar-refractivity contribution in [3.05, 3.63) is 53.6 Å². The van der Waals surface area contributed by atoms with Crippen molar-refractivity contribution < 1.29 is 23.0 Å². The number of primary amides is 1. The highest BCUT2D eigenvalue weighted by Gasteiger charge is 2.12. The first-order valence-corrected chi connectivity index (χ1v) is 7.90. The molecule has 0 spiro atoms. The molecule has 0 aromatic heterocycles. The lowest BCUT2D eigenvalue weighted by molar-refractivity contribution is -0.0512. The van der Waals surface area contributed by atoms with E-state index in [0.717, 1.165) is 11.1 Å². The number of nitrogens with one attached hydrogen (secondary N) is 2. The lowest BCUT2D eigenvalue weighted by Crippen LogP contribution is -2.20. The number of urea groups is 1. The van der Waals surface area contributed by atoms with Crippen molar-refractivity contribution in [2.75, 3.05) is 12.4 Å². The van der Waals surface area contributed by atoms with Crippen molar-refractivity contribution >= 4 is 11.7 Å². The van der Waals surface area contributed by atoms with Crippen molar-refractivity contribution in [1.82, 2.24) is 5.32 Å². The summed E-state index contributed by atoms with van der Waals surface area (Å²) >= 11 is 0. The van der Waals surface area contributed by atoms with Crippen LogP contribution in [0.25, 0.3) is 0 Å². The Kier molecular flexibility index (Phi) is 6.74. The van der Waals surface area contributed by atoms with Gasteiger partial charge >= 0.3 is 12.6 Å². The van der Waals surface area contributed by atoms with Gasteiger partial charge in [-0.1, -0.05) is 18.2 Å². The van der Waals surface area contributed by atoms with Gasteiger partial charge in [-0.15, -0.1) is 0 Å². The number of anilines is 1. The van der Waals surface area contributed by atoms with E-state index in [0.29, 0.717) is 12.2 Å². The van der Waals surface area contributed by atoms with Crippen molar-refractivity contribution in [2.24, 2.45) is 5.73 Å². The van der Waals surface area contributed by atoms with E-state index in [9.17, 15) is 13.6 Å². The molecule has 0 aliphatic carbocycles. The van der Waals surface area contributed by atoms with Crippen LogP contribution in [0.2, 0.25) is 0 Å². The maximum Gasteiger partial charge on any atom is 0.387 e. The molecule has 0 radical (unpaired) electrons. The maximum absolute atomic E-state index is 12.5. The van der Waals surface area contributed by atoms with Crippen LogP contribution in [0, 0.1) is 0 Å². The van der Waals surface area contributed by atoms with E-state index in [1.165, 1.54) is 13.2 Å².